The summed E-state index contributed by atoms with van der Waals surface area (Å²) in [6.07, 6.45) is 3.36. The van der Waals surface area contributed by atoms with Crippen LogP contribution in [-0.2, 0) is 11.3 Å². The number of aromatic nitrogens is 3. The molecule has 1 unspecified atom stereocenters. The van der Waals surface area contributed by atoms with Gasteiger partial charge in [0.25, 0.3) is 5.82 Å². The topological polar surface area (TPSA) is 83.6 Å². The van der Waals surface area contributed by atoms with Crippen molar-refractivity contribution in [3.63, 3.8) is 0 Å². The monoisotopic (exact) mass is 221 g/mol. The summed E-state index contributed by atoms with van der Waals surface area (Å²) in [6.45, 7) is 4.13. The summed E-state index contributed by atoms with van der Waals surface area (Å²) in [5.41, 5.74) is 0. The maximum atomic E-state index is 11.5. The molecular weight excluding hydrogens is 206 g/mol. The summed E-state index contributed by atoms with van der Waals surface area (Å²) < 4.78 is 1.35. The van der Waals surface area contributed by atoms with E-state index < -0.39 is 0 Å². The number of carbonyl (C=O) groups is 1. The number of carbonyl (C=O) groups excluding carboxylic acids is 1. The molecule has 6 nitrogen and oxygen atoms in total. The second kappa shape index (κ2) is 5.85. The summed E-state index contributed by atoms with van der Waals surface area (Å²) in [5, 5.41) is 15.2. The predicted molar refractivity (Wildman–Crippen MR) is 57.2 cm³/mol. The fourth-order valence-corrected chi connectivity index (χ4v) is 1.39. The van der Waals surface area contributed by atoms with Crippen molar-refractivity contribution in [1.29, 1.82) is 5.26 Å². The lowest BCUT2D eigenvalue weighted by Gasteiger charge is -2.12. The largest absolute Gasteiger partial charge is 0.352 e. The normalized spacial score (nSPS) is 11.8. The van der Waals surface area contributed by atoms with E-state index in [1.165, 1.54) is 11.0 Å². The average molecular weight is 221 g/mol. The molecule has 16 heavy (non-hydrogen) atoms. The molecule has 1 aromatic heterocycles. The van der Waals surface area contributed by atoms with Crippen LogP contribution in [0.2, 0.25) is 0 Å². The molecular formula is C10H15N5O. The van der Waals surface area contributed by atoms with Crippen molar-refractivity contribution in [2.75, 3.05) is 0 Å². The van der Waals surface area contributed by atoms with Crippen molar-refractivity contribution in [3.05, 3.63) is 12.2 Å². The number of hydrogen-bond acceptors (Lipinski definition) is 4. The van der Waals surface area contributed by atoms with Gasteiger partial charge in [-0.2, -0.15) is 5.26 Å². The summed E-state index contributed by atoms with van der Waals surface area (Å²) in [4.78, 5) is 15.2. The van der Waals surface area contributed by atoms with Gasteiger partial charge in [-0.15, -0.1) is 5.10 Å². The zero-order valence-electron chi connectivity index (χ0n) is 9.47. The van der Waals surface area contributed by atoms with Gasteiger partial charge >= 0.3 is 0 Å². The second-order valence-electron chi connectivity index (χ2n) is 3.63. The van der Waals surface area contributed by atoms with Crippen LogP contribution in [0.4, 0.5) is 0 Å². The van der Waals surface area contributed by atoms with Crippen LogP contribution < -0.4 is 5.32 Å². The zero-order valence-corrected chi connectivity index (χ0v) is 9.47. The van der Waals surface area contributed by atoms with Crippen molar-refractivity contribution in [3.8, 4) is 6.07 Å². The first-order chi connectivity index (χ1) is 7.65. The summed E-state index contributed by atoms with van der Waals surface area (Å²) in [6, 6.07) is 1.97. The Morgan fingerprint density at radius 3 is 3.06 bits per heavy atom. The van der Waals surface area contributed by atoms with Crippen LogP contribution in [0.3, 0.4) is 0 Å². The lowest BCUT2D eigenvalue weighted by atomic mass is 10.2. The van der Waals surface area contributed by atoms with Gasteiger partial charge in [0.1, 0.15) is 18.9 Å². The van der Waals surface area contributed by atoms with Crippen molar-refractivity contribution in [1.82, 2.24) is 20.1 Å². The third kappa shape index (κ3) is 3.69. The smallest absolute Gasteiger partial charge is 0.252 e. The van der Waals surface area contributed by atoms with Gasteiger partial charge in [0.15, 0.2) is 0 Å². The standard InChI is InChI=1S/C10H15N5O/c1-3-4-8(2)13-10(16)6-15-7-12-9(5-11)14-15/h7-8H,3-4,6H2,1-2H3,(H,13,16). The van der Waals surface area contributed by atoms with Crippen LogP contribution in [-0.4, -0.2) is 26.7 Å². The maximum absolute atomic E-state index is 11.5. The average Bonchev–Trinajstić information content (AvgIpc) is 2.65. The van der Waals surface area contributed by atoms with Crippen LogP contribution in [0.25, 0.3) is 0 Å². The maximum Gasteiger partial charge on any atom is 0.252 e. The number of rotatable bonds is 5. The third-order valence-corrected chi connectivity index (χ3v) is 2.07. The second-order valence-corrected chi connectivity index (χ2v) is 3.63. The molecule has 1 atom stereocenters. The summed E-state index contributed by atoms with van der Waals surface area (Å²) >= 11 is 0. The van der Waals surface area contributed by atoms with Gasteiger partial charge in [-0.25, -0.2) is 9.67 Å². The van der Waals surface area contributed by atoms with E-state index in [-0.39, 0.29) is 24.3 Å². The third-order valence-electron chi connectivity index (χ3n) is 2.07. The minimum atomic E-state index is -0.115. The van der Waals surface area contributed by atoms with Gasteiger partial charge in [-0.3, -0.25) is 4.79 Å². The molecule has 1 heterocycles. The Labute approximate surface area is 94.3 Å². The highest BCUT2D eigenvalue weighted by atomic mass is 16.2. The molecule has 0 aliphatic heterocycles. The molecule has 0 bridgehead atoms. The van der Waals surface area contributed by atoms with Gasteiger partial charge in [0.2, 0.25) is 5.91 Å². The molecule has 0 spiro atoms. The Hall–Kier alpha value is -1.90. The fraction of sp³-hybridized carbons (Fsp3) is 0.600. The Balaban J connectivity index is 2.42. The van der Waals surface area contributed by atoms with Gasteiger partial charge in [-0.1, -0.05) is 13.3 Å². The van der Waals surface area contributed by atoms with Gasteiger partial charge < -0.3 is 5.32 Å². The van der Waals surface area contributed by atoms with Crippen LogP contribution >= 0.6 is 0 Å². The Bertz CT molecular complexity index is 392. The number of nitriles is 1. The Kier molecular flexibility index (Phi) is 4.45. The molecule has 0 aliphatic carbocycles. The number of nitrogens with one attached hydrogen (secondary N) is 1. The minimum absolute atomic E-state index is 0.0782. The molecule has 0 saturated heterocycles. The van der Waals surface area contributed by atoms with Crippen LogP contribution in [0, 0.1) is 11.3 Å². The quantitative estimate of drug-likeness (QED) is 0.782. The molecule has 6 heteroatoms. The van der Waals surface area contributed by atoms with E-state index in [2.05, 4.69) is 22.3 Å². The number of hydrogen-bond donors (Lipinski definition) is 1. The van der Waals surface area contributed by atoms with Crippen molar-refractivity contribution >= 4 is 5.91 Å². The molecule has 0 aromatic carbocycles. The zero-order chi connectivity index (χ0) is 12.0. The van der Waals surface area contributed by atoms with Crippen molar-refractivity contribution in [2.45, 2.75) is 39.3 Å². The fourth-order valence-electron chi connectivity index (χ4n) is 1.39. The van der Waals surface area contributed by atoms with E-state index in [1.807, 2.05) is 6.92 Å². The molecule has 0 radical (unpaired) electrons. The highest BCUT2D eigenvalue weighted by molar-refractivity contribution is 5.75. The highest BCUT2D eigenvalue weighted by Gasteiger charge is 2.08. The molecule has 1 N–H and O–H groups in total. The first kappa shape index (κ1) is 12.2. The number of nitrogens with zero attached hydrogens (tertiary/aromatic N) is 4. The summed E-state index contributed by atoms with van der Waals surface area (Å²) in [5.74, 6) is -0.0373. The van der Waals surface area contributed by atoms with E-state index >= 15 is 0 Å². The van der Waals surface area contributed by atoms with Crippen molar-refractivity contribution < 1.29 is 4.79 Å². The van der Waals surface area contributed by atoms with E-state index in [9.17, 15) is 4.79 Å². The van der Waals surface area contributed by atoms with E-state index in [0.29, 0.717) is 0 Å². The van der Waals surface area contributed by atoms with Crippen molar-refractivity contribution in [2.24, 2.45) is 0 Å². The molecule has 0 aliphatic rings. The highest BCUT2D eigenvalue weighted by Crippen LogP contribution is 1.95. The van der Waals surface area contributed by atoms with E-state index in [4.69, 9.17) is 5.26 Å². The Morgan fingerprint density at radius 1 is 1.75 bits per heavy atom. The van der Waals surface area contributed by atoms with Gasteiger partial charge in [0, 0.05) is 6.04 Å². The van der Waals surface area contributed by atoms with E-state index in [1.54, 1.807) is 6.07 Å². The molecule has 0 fully saturated rings. The molecule has 1 amide bonds. The predicted octanol–water partition coefficient (Wildman–Crippen LogP) is 0.455. The van der Waals surface area contributed by atoms with Gasteiger partial charge in [0.05, 0.1) is 0 Å². The molecule has 1 rings (SSSR count). The van der Waals surface area contributed by atoms with Crippen LogP contribution in [0.15, 0.2) is 6.33 Å². The molecule has 1 aromatic rings. The van der Waals surface area contributed by atoms with Crippen LogP contribution in [0.1, 0.15) is 32.5 Å². The number of amides is 1. The Morgan fingerprint density at radius 2 is 2.50 bits per heavy atom. The summed E-state index contributed by atoms with van der Waals surface area (Å²) in [7, 11) is 0. The lowest BCUT2D eigenvalue weighted by Crippen LogP contribution is -2.35. The first-order valence-electron chi connectivity index (χ1n) is 5.24. The minimum Gasteiger partial charge on any atom is -0.352 e. The van der Waals surface area contributed by atoms with Crippen LogP contribution in [0.5, 0.6) is 0 Å². The first-order valence-corrected chi connectivity index (χ1v) is 5.24. The SMILES string of the molecule is CCCC(C)NC(=O)Cn1cnc(C#N)n1. The van der Waals surface area contributed by atoms with Gasteiger partial charge in [-0.05, 0) is 13.3 Å². The lowest BCUT2D eigenvalue weighted by molar-refractivity contribution is -0.122. The molecule has 0 saturated carbocycles. The van der Waals surface area contributed by atoms with E-state index in [0.717, 1.165) is 12.8 Å². The molecule has 86 valence electrons.